The first-order valence-corrected chi connectivity index (χ1v) is 4.99. The molecule has 1 atom stereocenters. The molecule has 1 rings (SSSR count). The lowest BCUT2D eigenvalue weighted by Crippen LogP contribution is -2.13. The predicted octanol–water partition coefficient (Wildman–Crippen LogP) is 2.13. The number of carbonyl (C=O) groups excluding carboxylic acids is 1. The van der Waals surface area contributed by atoms with Crippen LogP contribution in [0.5, 0.6) is 5.75 Å². The molecule has 0 aliphatic carbocycles. The summed E-state index contributed by atoms with van der Waals surface area (Å²) in [6.45, 7) is 1.85. The average Bonchev–Trinajstić information content (AvgIpc) is 2.26. The van der Waals surface area contributed by atoms with Gasteiger partial charge in [-0.2, -0.15) is 0 Å². The van der Waals surface area contributed by atoms with Crippen molar-refractivity contribution in [2.45, 2.75) is 19.8 Å². The van der Waals surface area contributed by atoms with Crippen molar-refractivity contribution in [2.75, 3.05) is 7.11 Å². The van der Waals surface area contributed by atoms with E-state index in [1.54, 1.807) is 12.1 Å². The Hall–Kier alpha value is -1.51. The van der Waals surface area contributed by atoms with Gasteiger partial charge < -0.3 is 9.84 Å². The van der Waals surface area contributed by atoms with Crippen molar-refractivity contribution in [3.05, 3.63) is 29.8 Å². The van der Waals surface area contributed by atoms with Gasteiger partial charge in [-0.3, -0.25) is 4.79 Å². The molecule has 0 fully saturated rings. The summed E-state index contributed by atoms with van der Waals surface area (Å²) in [6, 6.07) is 7.02. The number of esters is 1. The molecule has 0 bridgehead atoms. The lowest BCUT2D eigenvalue weighted by Gasteiger charge is -2.08. The third-order valence-electron chi connectivity index (χ3n) is 2.41. The standard InChI is InChI=1S/C12H16O3/c1-9(12(14)15-2)3-4-10-5-7-11(13)8-6-10/h5-9,13H,3-4H2,1-2H3. The van der Waals surface area contributed by atoms with Crippen molar-refractivity contribution in [3.8, 4) is 5.75 Å². The molecule has 0 aliphatic rings. The SMILES string of the molecule is COC(=O)C(C)CCc1ccc(O)cc1. The Morgan fingerprint density at radius 2 is 2.00 bits per heavy atom. The second kappa shape index (κ2) is 5.39. The highest BCUT2D eigenvalue weighted by molar-refractivity contribution is 5.71. The maximum absolute atomic E-state index is 11.1. The quantitative estimate of drug-likeness (QED) is 0.771. The topological polar surface area (TPSA) is 46.5 Å². The molecular weight excluding hydrogens is 192 g/mol. The molecule has 15 heavy (non-hydrogen) atoms. The fourth-order valence-corrected chi connectivity index (χ4v) is 1.36. The van der Waals surface area contributed by atoms with E-state index in [-0.39, 0.29) is 17.6 Å². The highest BCUT2D eigenvalue weighted by Gasteiger charge is 2.12. The molecule has 0 saturated heterocycles. The van der Waals surface area contributed by atoms with E-state index >= 15 is 0 Å². The first kappa shape index (κ1) is 11.6. The fourth-order valence-electron chi connectivity index (χ4n) is 1.36. The van der Waals surface area contributed by atoms with Crippen LogP contribution in [0.2, 0.25) is 0 Å². The molecule has 1 N–H and O–H groups in total. The first-order valence-electron chi connectivity index (χ1n) is 4.99. The second-order valence-electron chi connectivity index (χ2n) is 3.63. The van der Waals surface area contributed by atoms with Gasteiger partial charge in [0.15, 0.2) is 0 Å². The zero-order chi connectivity index (χ0) is 11.3. The predicted molar refractivity (Wildman–Crippen MR) is 57.6 cm³/mol. The Bertz CT molecular complexity index is 316. The van der Waals surface area contributed by atoms with Gasteiger partial charge in [-0.05, 0) is 30.5 Å². The Kier molecular flexibility index (Phi) is 4.16. The molecule has 1 unspecified atom stereocenters. The van der Waals surface area contributed by atoms with Gasteiger partial charge >= 0.3 is 5.97 Å². The monoisotopic (exact) mass is 208 g/mol. The summed E-state index contributed by atoms with van der Waals surface area (Å²) in [5.74, 6) is 0.0114. The Labute approximate surface area is 89.7 Å². The second-order valence-corrected chi connectivity index (χ2v) is 3.63. The number of rotatable bonds is 4. The smallest absolute Gasteiger partial charge is 0.308 e. The van der Waals surface area contributed by atoms with Gasteiger partial charge in [0, 0.05) is 0 Å². The number of phenolic OH excluding ortho intramolecular Hbond substituents is 1. The number of benzene rings is 1. The number of hydrogen-bond donors (Lipinski definition) is 1. The van der Waals surface area contributed by atoms with E-state index in [9.17, 15) is 4.79 Å². The number of phenols is 1. The van der Waals surface area contributed by atoms with Crippen molar-refractivity contribution in [1.82, 2.24) is 0 Å². The maximum Gasteiger partial charge on any atom is 0.308 e. The van der Waals surface area contributed by atoms with Crippen LogP contribution < -0.4 is 0 Å². The largest absolute Gasteiger partial charge is 0.508 e. The summed E-state index contributed by atoms with van der Waals surface area (Å²) in [5, 5.41) is 9.09. The van der Waals surface area contributed by atoms with Gasteiger partial charge in [-0.1, -0.05) is 19.1 Å². The highest BCUT2D eigenvalue weighted by Crippen LogP contribution is 2.14. The molecule has 0 aliphatic heterocycles. The summed E-state index contributed by atoms with van der Waals surface area (Å²) in [6.07, 6.45) is 1.58. The van der Waals surface area contributed by atoms with Gasteiger partial charge in [0.1, 0.15) is 5.75 Å². The van der Waals surface area contributed by atoms with Gasteiger partial charge in [0.05, 0.1) is 13.0 Å². The summed E-state index contributed by atoms with van der Waals surface area (Å²) >= 11 is 0. The van der Waals surface area contributed by atoms with Crippen LogP contribution in [0, 0.1) is 5.92 Å². The molecule has 1 aromatic carbocycles. The van der Waals surface area contributed by atoms with Crippen LogP contribution >= 0.6 is 0 Å². The molecule has 0 spiro atoms. The number of aryl methyl sites for hydroxylation is 1. The molecule has 0 saturated carbocycles. The van der Waals surface area contributed by atoms with Crippen LogP contribution in [0.25, 0.3) is 0 Å². The molecule has 0 heterocycles. The van der Waals surface area contributed by atoms with E-state index in [0.29, 0.717) is 0 Å². The van der Waals surface area contributed by atoms with E-state index in [2.05, 4.69) is 4.74 Å². The summed E-state index contributed by atoms with van der Waals surface area (Å²) in [7, 11) is 1.40. The molecule has 1 aromatic rings. The van der Waals surface area contributed by atoms with E-state index in [0.717, 1.165) is 18.4 Å². The van der Waals surface area contributed by atoms with Gasteiger partial charge in [-0.15, -0.1) is 0 Å². The normalized spacial score (nSPS) is 12.1. The van der Waals surface area contributed by atoms with Crippen LogP contribution in [0.3, 0.4) is 0 Å². The minimum absolute atomic E-state index is 0.0798. The van der Waals surface area contributed by atoms with Crippen molar-refractivity contribution < 1.29 is 14.6 Å². The number of hydrogen-bond acceptors (Lipinski definition) is 3. The van der Waals surface area contributed by atoms with E-state index < -0.39 is 0 Å². The molecular formula is C12H16O3. The number of aromatic hydroxyl groups is 1. The third kappa shape index (κ3) is 3.62. The lowest BCUT2D eigenvalue weighted by atomic mass is 10.0. The Morgan fingerprint density at radius 1 is 1.40 bits per heavy atom. The van der Waals surface area contributed by atoms with Crippen molar-refractivity contribution >= 4 is 5.97 Å². The fraction of sp³-hybridized carbons (Fsp3) is 0.417. The summed E-state index contributed by atoms with van der Waals surface area (Å²) in [5.41, 5.74) is 1.11. The average molecular weight is 208 g/mol. The molecule has 0 aromatic heterocycles. The highest BCUT2D eigenvalue weighted by atomic mass is 16.5. The van der Waals surface area contributed by atoms with Crippen LogP contribution in [-0.4, -0.2) is 18.2 Å². The van der Waals surface area contributed by atoms with Crippen molar-refractivity contribution in [2.24, 2.45) is 5.92 Å². The van der Waals surface area contributed by atoms with Gasteiger partial charge in [0.25, 0.3) is 0 Å². The zero-order valence-electron chi connectivity index (χ0n) is 9.06. The zero-order valence-corrected chi connectivity index (χ0v) is 9.06. The number of methoxy groups -OCH3 is 1. The van der Waals surface area contributed by atoms with Gasteiger partial charge in [0.2, 0.25) is 0 Å². The van der Waals surface area contributed by atoms with Crippen LogP contribution in [0.15, 0.2) is 24.3 Å². The minimum atomic E-state index is -0.172. The number of carbonyl (C=O) groups is 1. The van der Waals surface area contributed by atoms with E-state index in [1.807, 2.05) is 19.1 Å². The van der Waals surface area contributed by atoms with Crippen molar-refractivity contribution in [1.29, 1.82) is 0 Å². The Morgan fingerprint density at radius 3 is 2.53 bits per heavy atom. The third-order valence-corrected chi connectivity index (χ3v) is 2.41. The van der Waals surface area contributed by atoms with Crippen LogP contribution in [0.1, 0.15) is 18.9 Å². The molecule has 3 heteroatoms. The maximum atomic E-state index is 11.1. The molecule has 82 valence electrons. The first-order chi connectivity index (χ1) is 7.13. The summed E-state index contributed by atoms with van der Waals surface area (Å²) in [4.78, 5) is 11.1. The van der Waals surface area contributed by atoms with E-state index in [1.165, 1.54) is 7.11 Å². The minimum Gasteiger partial charge on any atom is -0.508 e. The molecule has 3 nitrogen and oxygen atoms in total. The Balaban J connectivity index is 2.43. The lowest BCUT2D eigenvalue weighted by molar-refractivity contribution is -0.145. The summed E-state index contributed by atoms with van der Waals surface area (Å²) < 4.78 is 4.64. The van der Waals surface area contributed by atoms with Crippen LogP contribution in [-0.2, 0) is 16.0 Å². The molecule has 0 radical (unpaired) electrons. The van der Waals surface area contributed by atoms with Crippen molar-refractivity contribution in [3.63, 3.8) is 0 Å². The molecule has 0 amide bonds. The van der Waals surface area contributed by atoms with E-state index in [4.69, 9.17) is 5.11 Å². The van der Waals surface area contributed by atoms with Gasteiger partial charge in [-0.25, -0.2) is 0 Å². The number of ether oxygens (including phenoxy) is 1. The van der Waals surface area contributed by atoms with Crippen LogP contribution in [0.4, 0.5) is 0 Å².